The van der Waals surface area contributed by atoms with Crippen molar-refractivity contribution < 1.29 is 18.4 Å². The van der Waals surface area contributed by atoms with Crippen molar-refractivity contribution in [3.8, 4) is 12.3 Å². The number of carbonyl (C=O) groups is 2. The number of hydrogen-bond acceptors (Lipinski definition) is 5. The molecule has 0 spiro atoms. The Bertz CT molecular complexity index is 1070. The fraction of sp³-hybridized carbons (Fsp3) is 0.462. The predicted octanol–water partition coefficient (Wildman–Crippen LogP) is 1.96. The van der Waals surface area contributed by atoms with Gasteiger partial charge in [-0.2, -0.15) is 0 Å². The Morgan fingerprint density at radius 3 is 2.60 bits per heavy atom. The monoisotopic (exact) mass is 497 g/mol. The smallest absolute Gasteiger partial charge is 0.239 e. The highest BCUT2D eigenvalue weighted by Crippen LogP contribution is 2.31. The molecule has 2 aromatic rings. The molecule has 1 heterocycles. The van der Waals surface area contributed by atoms with E-state index in [9.17, 15) is 18.4 Å². The van der Waals surface area contributed by atoms with E-state index >= 15 is 0 Å². The van der Waals surface area contributed by atoms with Crippen molar-refractivity contribution in [2.75, 3.05) is 39.3 Å². The normalized spacial score (nSPS) is 16.5. The Kier molecular flexibility index (Phi) is 10.2. The van der Waals surface area contributed by atoms with Crippen LogP contribution < -0.4 is 10.6 Å². The molecule has 2 amide bonds. The fourth-order valence-corrected chi connectivity index (χ4v) is 5.09. The highest BCUT2D eigenvalue weighted by molar-refractivity contribution is 7.76. The van der Waals surface area contributed by atoms with Crippen LogP contribution in [0, 0.1) is 18.3 Å². The average Bonchev–Trinajstić information content (AvgIpc) is 2.87. The molecule has 8 nitrogen and oxygen atoms in total. The minimum Gasteiger partial charge on any atom is -0.760 e. The van der Waals surface area contributed by atoms with Gasteiger partial charge in [0.2, 0.25) is 11.8 Å². The SMILES string of the molecule is C#CCCNC(=O)CNC(=O)CN(CC1CCN(C(C)c2cccc3ccccc23)CC1)S(=O)[O-]. The molecule has 188 valence electrons. The highest BCUT2D eigenvalue weighted by Gasteiger charge is 2.26. The minimum absolute atomic E-state index is 0.170. The van der Waals surface area contributed by atoms with Crippen LogP contribution in [-0.4, -0.2) is 69.0 Å². The van der Waals surface area contributed by atoms with Crippen LogP contribution in [0.3, 0.4) is 0 Å². The van der Waals surface area contributed by atoms with Crippen LogP contribution in [0.4, 0.5) is 0 Å². The third kappa shape index (κ3) is 7.87. The van der Waals surface area contributed by atoms with Crippen LogP contribution in [0.25, 0.3) is 10.8 Å². The van der Waals surface area contributed by atoms with Gasteiger partial charge in [-0.3, -0.25) is 18.7 Å². The number of hydrogen-bond donors (Lipinski definition) is 2. The van der Waals surface area contributed by atoms with Gasteiger partial charge in [-0.05, 0) is 55.1 Å². The van der Waals surface area contributed by atoms with Crippen molar-refractivity contribution in [1.82, 2.24) is 19.8 Å². The van der Waals surface area contributed by atoms with Crippen LogP contribution in [0.5, 0.6) is 0 Å². The van der Waals surface area contributed by atoms with Gasteiger partial charge in [-0.1, -0.05) is 42.5 Å². The van der Waals surface area contributed by atoms with Gasteiger partial charge in [-0.25, -0.2) is 4.31 Å². The second-order valence-corrected chi connectivity index (χ2v) is 9.79. The van der Waals surface area contributed by atoms with E-state index in [2.05, 4.69) is 64.8 Å². The van der Waals surface area contributed by atoms with Crippen LogP contribution in [0.1, 0.15) is 37.8 Å². The van der Waals surface area contributed by atoms with Gasteiger partial charge in [0.1, 0.15) is 0 Å². The molecular formula is C26H33N4O4S-. The van der Waals surface area contributed by atoms with Gasteiger partial charge < -0.3 is 15.2 Å². The Morgan fingerprint density at radius 1 is 1.17 bits per heavy atom. The maximum atomic E-state index is 12.2. The van der Waals surface area contributed by atoms with E-state index in [1.54, 1.807) is 0 Å². The first kappa shape index (κ1) is 26.8. The van der Waals surface area contributed by atoms with E-state index < -0.39 is 17.2 Å². The van der Waals surface area contributed by atoms with E-state index in [1.807, 2.05) is 6.07 Å². The maximum absolute atomic E-state index is 12.2. The van der Waals surface area contributed by atoms with Gasteiger partial charge in [0.15, 0.2) is 0 Å². The summed E-state index contributed by atoms with van der Waals surface area (Å²) in [5, 5.41) is 7.52. The number of rotatable bonds is 11. The first-order valence-corrected chi connectivity index (χ1v) is 12.9. The molecule has 2 atom stereocenters. The summed E-state index contributed by atoms with van der Waals surface area (Å²) in [7, 11) is 0. The molecular weight excluding hydrogens is 464 g/mol. The van der Waals surface area contributed by atoms with Crippen molar-refractivity contribution in [3.63, 3.8) is 0 Å². The minimum atomic E-state index is -2.52. The number of carbonyl (C=O) groups excluding carboxylic acids is 2. The molecule has 2 aromatic carbocycles. The van der Waals surface area contributed by atoms with Crippen molar-refractivity contribution in [1.29, 1.82) is 0 Å². The Hall–Kier alpha value is -2.77. The van der Waals surface area contributed by atoms with E-state index in [0.29, 0.717) is 13.0 Å². The van der Waals surface area contributed by atoms with Crippen LogP contribution in [0.15, 0.2) is 42.5 Å². The number of likely N-dealkylation sites (tertiary alicyclic amines) is 1. The lowest BCUT2D eigenvalue weighted by atomic mass is 9.93. The van der Waals surface area contributed by atoms with Crippen LogP contribution in [0.2, 0.25) is 0 Å². The van der Waals surface area contributed by atoms with E-state index in [0.717, 1.165) is 30.2 Å². The lowest BCUT2D eigenvalue weighted by molar-refractivity contribution is -0.126. The predicted molar refractivity (Wildman–Crippen MR) is 137 cm³/mol. The number of piperidine rings is 1. The Balaban J connectivity index is 1.48. The molecule has 2 N–H and O–H groups in total. The van der Waals surface area contributed by atoms with E-state index in [1.165, 1.54) is 16.3 Å². The molecule has 0 bridgehead atoms. The summed E-state index contributed by atoms with van der Waals surface area (Å²) in [4.78, 5) is 26.3. The number of nitrogens with zero attached hydrogens (tertiary/aromatic N) is 2. The van der Waals surface area contributed by atoms with Gasteiger partial charge in [0, 0.05) is 36.8 Å². The molecule has 2 unspecified atom stereocenters. The molecule has 0 radical (unpaired) electrons. The van der Waals surface area contributed by atoms with Crippen LogP contribution >= 0.6 is 0 Å². The molecule has 1 aliphatic heterocycles. The Labute approximate surface area is 209 Å². The number of benzene rings is 2. The lowest BCUT2D eigenvalue weighted by Crippen LogP contribution is -2.45. The van der Waals surface area contributed by atoms with Gasteiger partial charge >= 0.3 is 0 Å². The molecule has 35 heavy (non-hydrogen) atoms. The summed E-state index contributed by atoms with van der Waals surface area (Å²) >= 11 is -2.52. The quantitative estimate of drug-likeness (QED) is 0.281. The highest BCUT2D eigenvalue weighted by atomic mass is 32.2. The van der Waals surface area contributed by atoms with Crippen molar-refractivity contribution in [2.24, 2.45) is 5.92 Å². The second-order valence-electron chi connectivity index (χ2n) is 8.84. The summed E-state index contributed by atoms with van der Waals surface area (Å²) in [5.74, 6) is 1.70. The zero-order valence-corrected chi connectivity index (χ0v) is 20.9. The van der Waals surface area contributed by atoms with E-state index in [-0.39, 0.29) is 37.5 Å². The van der Waals surface area contributed by atoms with E-state index in [4.69, 9.17) is 6.42 Å². The van der Waals surface area contributed by atoms with Crippen molar-refractivity contribution >= 4 is 33.9 Å². The summed E-state index contributed by atoms with van der Waals surface area (Å²) in [6, 6.07) is 15.0. The zero-order valence-electron chi connectivity index (χ0n) is 20.1. The third-order valence-corrected chi connectivity index (χ3v) is 7.20. The molecule has 0 saturated carbocycles. The molecule has 3 rings (SSSR count). The van der Waals surface area contributed by atoms with Gasteiger partial charge in [0.05, 0.1) is 13.1 Å². The lowest BCUT2D eigenvalue weighted by Gasteiger charge is -2.38. The van der Waals surface area contributed by atoms with Crippen LogP contribution in [-0.2, 0) is 20.9 Å². The maximum Gasteiger partial charge on any atom is 0.239 e. The molecule has 1 fully saturated rings. The first-order chi connectivity index (χ1) is 16.9. The third-order valence-electron chi connectivity index (χ3n) is 6.50. The van der Waals surface area contributed by atoms with Gasteiger partial charge in [0.25, 0.3) is 0 Å². The standard InChI is InChI=1S/C26H34N4O4S/c1-3-4-14-27-25(31)17-28-26(32)19-30(35(33)34)18-21-12-15-29(16-13-21)20(2)23-11-7-9-22-8-5-6-10-24(22)23/h1,5-11,20-21H,4,12-19H2,2H3,(H,27,31)(H,28,32)(H,33,34)/p-1. The Morgan fingerprint density at radius 2 is 1.89 bits per heavy atom. The topological polar surface area (TPSA) is 105 Å². The largest absolute Gasteiger partial charge is 0.760 e. The average molecular weight is 498 g/mol. The molecule has 9 heteroatoms. The molecule has 0 aliphatic carbocycles. The van der Waals surface area contributed by atoms with Crippen molar-refractivity contribution in [2.45, 2.75) is 32.2 Å². The molecule has 1 saturated heterocycles. The summed E-state index contributed by atoms with van der Waals surface area (Å²) in [6.07, 6.45) is 7.23. The van der Waals surface area contributed by atoms with Crippen molar-refractivity contribution in [3.05, 3.63) is 48.0 Å². The summed E-state index contributed by atoms with van der Waals surface area (Å²) in [5.41, 5.74) is 1.30. The fourth-order valence-electron chi connectivity index (χ4n) is 4.53. The number of nitrogens with one attached hydrogen (secondary N) is 2. The summed E-state index contributed by atoms with van der Waals surface area (Å²) < 4.78 is 24.6. The summed E-state index contributed by atoms with van der Waals surface area (Å²) in [6.45, 7) is 4.03. The molecule has 1 aliphatic rings. The first-order valence-electron chi connectivity index (χ1n) is 11.9. The molecule has 0 aromatic heterocycles. The number of fused-ring (bicyclic) bond motifs is 1. The number of terminal acetylenes is 1. The van der Waals surface area contributed by atoms with Gasteiger partial charge in [-0.15, -0.1) is 12.3 Å². The second kappa shape index (κ2) is 13.4. The number of amides is 2. The zero-order chi connectivity index (χ0) is 25.2.